The summed E-state index contributed by atoms with van der Waals surface area (Å²) in [6.45, 7) is 6.18. The van der Waals surface area contributed by atoms with E-state index in [9.17, 15) is 0 Å². The van der Waals surface area contributed by atoms with Crippen molar-refractivity contribution in [2.45, 2.75) is 33.1 Å². The summed E-state index contributed by atoms with van der Waals surface area (Å²) in [4.78, 5) is 0. The molecule has 1 atom stereocenters. The third-order valence-corrected chi connectivity index (χ3v) is 2.66. The molecule has 76 valence electrons. The van der Waals surface area contributed by atoms with Crippen LogP contribution in [-0.4, -0.2) is 10.9 Å². The van der Waals surface area contributed by atoms with Crippen LogP contribution in [0.4, 0.5) is 0 Å². The Morgan fingerprint density at radius 3 is 2.36 bits per heavy atom. The molecule has 2 heteroatoms. The number of nitrogens with zero attached hydrogens (tertiary/aromatic N) is 1. The fourth-order valence-corrected chi connectivity index (χ4v) is 1.35. The van der Waals surface area contributed by atoms with Crippen LogP contribution >= 0.6 is 0 Å². The largest absolute Gasteiger partial charge is 0.411 e. The smallest absolute Gasteiger partial charge is 0.0836 e. The Hall–Kier alpha value is -1.31. The van der Waals surface area contributed by atoms with Gasteiger partial charge >= 0.3 is 0 Å². The van der Waals surface area contributed by atoms with Gasteiger partial charge in [-0.05, 0) is 30.4 Å². The average Bonchev–Trinajstić information content (AvgIpc) is 2.27. The van der Waals surface area contributed by atoms with Crippen molar-refractivity contribution in [3.05, 3.63) is 35.4 Å². The van der Waals surface area contributed by atoms with Crippen LogP contribution in [0.3, 0.4) is 0 Å². The molecule has 0 aliphatic rings. The van der Waals surface area contributed by atoms with Gasteiger partial charge < -0.3 is 5.21 Å². The van der Waals surface area contributed by atoms with Gasteiger partial charge in [0.25, 0.3) is 0 Å². The van der Waals surface area contributed by atoms with E-state index in [4.69, 9.17) is 5.21 Å². The van der Waals surface area contributed by atoms with E-state index in [-0.39, 0.29) is 0 Å². The van der Waals surface area contributed by atoms with E-state index in [1.54, 1.807) is 6.92 Å². The topological polar surface area (TPSA) is 32.6 Å². The zero-order valence-corrected chi connectivity index (χ0v) is 8.99. The van der Waals surface area contributed by atoms with E-state index in [1.165, 1.54) is 5.56 Å². The van der Waals surface area contributed by atoms with Crippen molar-refractivity contribution in [3.8, 4) is 0 Å². The van der Waals surface area contributed by atoms with Crippen molar-refractivity contribution in [1.82, 2.24) is 0 Å². The molecule has 14 heavy (non-hydrogen) atoms. The SMILES string of the molecule is CCC(C)c1ccc(/C(C)=N/O)cc1. The van der Waals surface area contributed by atoms with Crippen LogP contribution in [0.5, 0.6) is 0 Å². The maximum Gasteiger partial charge on any atom is 0.0836 e. The molecule has 0 radical (unpaired) electrons. The highest BCUT2D eigenvalue weighted by Crippen LogP contribution is 2.18. The predicted octanol–water partition coefficient (Wildman–Crippen LogP) is 3.40. The summed E-state index contributed by atoms with van der Waals surface area (Å²) >= 11 is 0. The average molecular weight is 191 g/mol. The minimum atomic E-state index is 0.593. The van der Waals surface area contributed by atoms with Crippen molar-refractivity contribution >= 4 is 5.71 Å². The van der Waals surface area contributed by atoms with Gasteiger partial charge in [0.2, 0.25) is 0 Å². The molecule has 0 spiro atoms. The minimum absolute atomic E-state index is 0.593. The lowest BCUT2D eigenvalue weighted by molar-refractivity contribution is 0.319. The zero-order chi connectivity index (χ0) is 10.6. The van der Waals surface area contributed by atoms with Crippen LogP contribution in [0.1, 0.15) is 44.2 Å². The number of hydrogen-bond acceptors (Lipinski definition) is 2. The Kier molecular flexibility index (Phi) is 3.69. The summed E-state index contributed by atoms with van der Waals surface area (Å²) in [5.41, 5.74) is 2.96. The van der Waals surface area contributed by atoms with E-state index in [1.807, 2.05) is 12.1 Å². The van der Waals surface area contributed by atoms with Crippen LogP contribution in [-0.2, 0) is 0 Å². The van der Waals surface area contributed by atoms with Gasteiger partial charge in [-0.15, -0.1) is 0 Å². The van der Waals surface area contributed by atoms with Crippen molar-refractivity contribution in [1.29, 1.82) is 0 Å². The monoisotopic (exact) mass is 191 g/mol. The molecule has 1 aromatic rings. The van der Waals surface area contributed by atoms with Gasteiger partial charge in [-0.1, -0.05) is 43.3 Å². The summed E-state index contributed by atoms with van der Waals surface area (Å²) in [5, 5.41) is 11.8. The lowest BCUT2D eigenvalue weighted by Gasteiger charge is -2.09. The van der Waals surface area contributed by atoms with E-state index < -0.39 is 0 Å². The fourth-order valence-electron chi connectivity index (χ4n) is 1.35. The standard InChI is InChI=1S/C12H17NO/c1-4-9(2)11-5-7-12(8-6-11)10(3)13-14/h5-9,14H,4H2,1-3H3/b13-10+. The predicted molar refractivity (Wildman–Crippen MR) is 59.1 cm³/mol. The van der Waals surface area contributed by atoms with Crippen LogP contribution < -0.4 is 0 Å². The van der Waals surface area contributed by atoms with E-state index >= 15 is 0 Å². The normalized spacial score (nSPS) is 14.1. The van der Waals surface area contributed by atoms with E-state index in [0.717, 1.165) is 12.0 Å². The van der Waals surface area contributed by atoms with Gasteiger partial charge in [0.05, 0.1) is 5.71 Å². The molecule has 0 bridgehead atoms. The van der Waals surface area contributed by atoms with Gasteiger partial charge in [0.15, 0.2) is 0 Å². The number of benzene rings is 1. The lowest BCUT2D eigenvalue weighted by Crippen LogP contribution is -1.96. The highest BCUT2D eigenvalue weighted by Gasteiger charge is 2.03. The van der Waals surface area contributed by atoms with Crippen LogP contribution in [0.2, 0.25) is 0 Å². The summed E-state index contributed by atoms with van der Waals surface area (Å²) in [6, 6.07) is 8.18. The first-order valence-corrected chi connectivity index (χ1v) is 4.98. The molecule has 0 amide bonds. The fraction of sp³-hybridized carbons (Fsp3) is 0.417. The molecule has 0 aromatic heterocycles. The quantitative estimate of drug-likeness (QED) is 0.443. The first-order valence-electron chi connectivity index (χ1n) is 4.98. The van der Waals surface area contributed by atoms with Crippen molar-refractivity contribution in [2.75, 3.05) is 0 Å². The van der Waals surface area contributed by atoms with Gasteiger partial charge in [0, 0.05) is 0 Å². The molecule has 1 rings (SSSR count). The van der Waals surface area contributed by atoms with Gasteiger partial charge in [-0.3, -0.25) is 0 Å². The molecular formula is C12H17NO. The second kappa shape index (κ2) is 4.80. The van der Waals surface area contributed by atoms with Gasteiger partial charge in [-0.25, -0.2) is 0 Å². The third kappa shape index (κ3) is 2.34. The van der Waals surface area contributed by atoms with Crippen LogP contribution in [0.15, 0.2) is 29.4 Å². The van der Waals surface area contributed by atoms with E-state index in [0.29, 0.717) is 11.6 Å². The molecule has 0 heterocycles. The van der Waals surface area contributed by atoms with Crippen molar-refractivity contribution in [3.63, 3.8) is 0 Å². The first-order chi connectivity index (χ1) is 6.69. The molecule has 0 saturated carbocycles. The van der Waals surface area contributed by atoms with Gasteiger partial charge in [-0.2, -0.15) is 0 Å². The summed E-state index contributed by atoms with van der Waals surface area (Å²) < 4.78 is 0. The Balaban J connectivity index is 2.89. The number of rotatable bonds is 3. The van der Waals surface area contributed by atoms with Crippen molar-refractivity contribution in [2.24, 2.45) is 5.16 Å². The lowest BCUT2D eigenvalue weighted by atomic mass is 9.97. The summed E-state index contributed by atoms with van der Waals surface area (Å²) in [6.07, 6.45) is 1.15. The highest BCUT2D eigenvalue weighted by atomic mass is 16.4. The molecule has 0 fully saturated rings. The Morgan fingerprint density at radius 2 is 1.93 bits per heavy atom. The number of hydrogen-bond donors (Lipinski definition) is 1. The Labute approximate surface area is 85.3 Å². The van der Waals surface area contributed by atoms with Gasteiger partial charge in [0.1, 0.15) is 0 Å². The zero-order valence-electron chi connectivity index (χ0n) is 8.99. The molecule has 2 nitrogen and oxygen atoms in total. The molecule has 1 unspecified atom stereocenters. The van der Waals surface area contributed by atoms with Crippen LogP contribution in [0.25, 0.3) is 0 Å². The maximum atomic E-state index is 8.60. The number of oxime groups is 1. The molecular weight excluding hydrogens is 174 g/mol. The maximum absolute atomic E-state index is 8.60. The summed E-state index contributed by atoms with van der Waals surface area (Å²) in [5.74, 6) is 0.593. The Bertz CT molecular complexity index is 314. The third-order valence-electron chi connectivity index (χ3n) is 2.66. The molecule has 1 N–H and O–H groups in total. The molecule has 1 aromatic carbocycles. The highest BCUT2D eigenvalue weighted by molar-refractivity contribution is 5.98. The second-order valence-corrected chi connectivity index (χ2v) is 3.62. The summed E-state index contributed by atoms with van der Waals surface area (Å²) in [7, 11) is 0. The molecule has 0 saturated heterocycles. The minimum Gasteiger partial charge on any atom is -0.411 e. The second-order valence-electron chi connectivity index (χ2n) is 3.62. The first kappa shape index (κ1) is 10.8. The Morgan fingerprint density at radius 1 is 1.36 bits per heavy atom. The van der Waals surface area contributed by atoms with Crippen LogP contribution in [0, 0.1) is 0 Å². The molecule has 0 aliphatic heterocycles. The van der Waals surface area contributed by atoms with Crippen molar-refractivity contribution < 1.29 is 5.21 Å². The molecule has 0 aliphatic carbocycles. The van der Waals surface area contributed by atoms with E-state index in [2.05, 4.69) is 31.1 Å².